The number of benzene rings is 1. The van der Waals surface area contributed by atoms with Crippen molar-refractivity contribution in [1.29, 1.82) is 0 Å². The molecule has 104 valence electrons. The van der Waals surface area contributed by atoms with Crippen LogP contribution in [0, 0.1) is 10.1 Å². The number of hydrogen-bond donors (Lipinski definition) is 0. The number of para-hydroxylation sites is 1. The van der Waals surface area contributed by atoms with Crippen LogP contribution in [0.5, 0.6) is 0 Å². The smallest absolute Gasteiger partial charge is 0.258 e. The van der Waals surface area contributed by atoms with Crippen LogP contribution in [0.15, 0.2) is 29.8 Å². The molecule has 3 nitrogen and oxygen atoms in total. The highest BCUT2D eigenvalue weighted by Gasteiger charge is 2.50. The highest BCUT2D eigenvalue weighted by molar-refractivity contribution is 5.64. The molecule has 0 amide bonds. The Morgan fingerprint density at radius 1 is 1.05 bits per heavy atom. The van der Waals surface area contributed by atoms with Crippen LogP contribution in [0.3, 0.4) is 0 Å². The summed E-state index contributed by atoms with van der Waals surface area (Å²) in [5, 5.41) is 10.5. The fraction of sp³-hybridized carbons (Fsp3) is 0.200. The van der Waals surface area contributed by atoms with Crippen LogP contribution in [0.25, 0.3) is 6.08 Å². The summed E-state index contributed by atoms with van der Waals surface area (Å²) in [6.07, 6.45) is -11.6. The normalized spacial score (nSPS) is 12.1. The Hall–Kier alpha value is -2.06. The van der Waals surface area contributed by atoms with E-state index in [0.717, 1.165) is 24.3 Å². The number of alkyl halides is 6. The SMILES string of the molecule is O=[N+]([O-])c1ccccc1C=C(C(F)(F)F)C(F)(F)F. The van der Waals surface area contributed by atoms with Crippen molar-refractivity contribution < 1.29 is 31.3 Å². The van der Waals surface area contributed by atoms with Gasteiger partial charge in [0.05, 0.1) is 10.5 Å². The van der Waals surface area contributed by atoms with E-state index in [9.17, 15) is 36.5 Å². The molecule has 0 bridgehead atoms. The molecule has 1 aromatic carbocycles. The van der Waals surface area contributed by atoms with Gasteiger partial charge in [-0.1, -0.05) is 12.1 Å². The molecule has 0 spiro atoms. The highest BCUT2D eigenvalue weighted by Crippen LogP contribution is 2.40. The van der Waals surface area contributed by atoms with Gasteiger partial charge in [-0.3, -0.25) is 10.1 Å². The predicted molar refractivity (Wildman–Crippen MR) is 53.2 cm³/mol. The van der Waals surface area contributed by atoms with Crippen molar-refractivity contribution in [2.75, 3.05) is 0 Å². The quantitative estimate of drug-likeness (QED) is 0.466. The van der Waals surface area contributed by atoms with Crippen molar-refractivity contribution in [3.63, 3.8) is 0 Å². The van der Waals surface area contributed by atoms with Crippen LogP contribution in [-0.4, -0.2) is 17.3 Å². The molecule has 0 aliphatic carbocycles. The summed E-state index contributed by atoms with van der Waals surface area (Å²) in [4.78, 5) is 9.46. The maximum Gasteiger partial charge on any atom is 0.421 e. The standard InChI is InChI=1S/C10H5F6NO2/c11-9(12,13)8(10(14,15)16)5-6-3-1-2-4-7(6)17(18)19/h1-5H. The van der Waals surface area contributed by atoms with Crippen molar-refractivity contribution in [1.82, 2.24) is 0 Å². The highest BCUT2D eigenvalue weighted by atomic mass is 19.4. The molecule has 0 aliphatic rings. The lowest BCUT2D eigenvalue weighted by atomic mass is 10.1. The zero-order valence-electron chi connectivity index (χ0n) is 8.92. The fourth-order valence-corrected chi connectivity index (χ4v) is 1.26. The summed E-state index contributed by atoms with van der Waals surface area (Å²) in [5.74, 6) is 0. The first kappa shape index (κ1) is 15.0. The van der Waals surface area contributed by atoms with E-state index in [4.69, 9.17) is 0 Å². The molecular formula is C10H5F6NO2. The third kappa shape index (κ3) is 3.70. The van der Waals surface area contributed by atoms with Crippen LogP contribution in [0.1, 0.15) is 5.56 Å². The van der Waals surface area contributed by atoms with Gasteiger partial charge in [0.25, 0.3) is 5.69 Å². The molecule has 19 heavy (non-hydrogen) atoms. The van der Waals surface area contributed by atoms with E-state index in [2.05, 4.69) is 0 Å². The number of allylic oxidation sites excluding steroid dienone is 1. The van der Waals surface area contributed by atoms with Gasteiger partial charge in [-0.2, -0.15) is 26.3 Å². The van der Waals surface area contributed by atoms with Crippen molar-refractivity contribution in [3.05, 3.63) is 45.5 Å². The van der Waals surface area contributed by atoms with Crippen molar-refractivity contribution in [2.24, 2.45) is 0 Å². The molecule has 0 atom stereocenters. The molecule has 0 aromatic heterocycles. The van der Waals surface area contributed by atoms with Gasteiger partial charge in [-0.15, -0.1) is 0 Å². The minimum atomic E-state index is -5.65. The van der Waals surface area contributed by atoms with Crippen LogP contribution >= 0.6 is 0 Å². The van der Waals surface area contributed by atoms with E-state index in [0.29, 0.717) is 0 Å². The number of rotatable bonds is 2. The maximum absolute atomic E-state index is 12.3. The van der Waals surface area contributed by atoms with Crippen LogP contribution in [-0.2, 0) is 0 Å². The third-order valence-electron chi connectivity index (χ3n) is 2.04. The average Bonchev–Trinajstić information content (AvgIpc) is 2.23. The Balaban J connectivity index is 3.44. The van der Waals surface area contributed by atoms with E-state index in [1.165, 1.54) is 0 Å². The van der Waals surface area contributed by atoms with Gasteiger partial charge >= 0.3 is 12.4 Å². The zero-order chi connectivity index (χ0) is 14.8. The Morgan fingerprint density at radius 3 is 1.95 bits per heavy atom. The summed E-state index contributed by atoms with van der Waals surface area (Å²) in [5.41, 5.74) is -4.40. The minimum Gasteiger partial charge on any atom is -0.258 e. The number of halogens is 6. The number of nitro benzene ring substituents is 1. The molecule has 0 aliphatic heterocycles. The molecule has 0 N–H and O–H groups in total. The van der Waals surface area contributed by atoms with E-state index in [1.807, 2.05) is 0 Å². The van der Waals surface area contributed by atoms with Gasteiger partial charge in [0.1, 0.15) is 5.57 Å². The Bertz CT molecular complexity index is 501. The van der Waals surface area contributed by atoms with Crippen molar-refractivity contribution in [2.45, 2.75) is 12.4 Å². The van der Waals surface area contributed by atoms with E-state index in [-0.39, 0.29) is 6.08 Å². The van der Waals surface area contributed by atoms with Gasteiger partial charge in [-0.05, 0) is 12.1 Å². The predicted octanol–water partition coefficient (Wildman–Crippen LogP) is 4.10. The topological polar surface area (TPSA) is 43.1 Å². The van der Waals surface area contributed by atoms with Crippen LogP contribution in [0.2, 0.25) is 0 Å². The molecular weight excluding hydrogens is 280 g/mol. The molecule has 0 saturated heterocycles. The first-order valence-corrected chi connectivity index (χ1v) is 4.63. The lowest BCUT2D eigenvalue weighted by Crippen LogP contribution is -2.25. The summed E-state index contributed by atoms with van der Waals surface area (Å²) in [6.45, 7) is 0. The minimum absolute atomic E-state index is 0.280. The molecule has 9 heteroatoms. The molecule has 0 fully saturated rings. The van der Waals surface area contributed by atoms with Gasteiger partial charge < -0.3 is 0 Å². The van der Waals surface area contributed by atoms with E-state index in [1.54, 1.807) is 0 Å². The lowest BCUT2D eigenvalue weighted by molar-refractivity contribution is -0.385. The lowest BCUT2D eigenvalue weighted by Gasteiger charge is -2.14. The third-order valence-corrected chi connectivity index (χ3v) is 2.04. The molecule has 1 aromatic rings. The molecule has 0 radical (unpaired) electrons. The summed E-state index contributed by atoms with van der Waals surface area (Å²) in [6, 6.07) is 3.85. The molecule has 0 heterocycles. The summed E-state index contributed by atoms with van der Waals surface area (Å²) in [7, 11) is 0. The second kappa shape index (κ2) is 4.90. The molecule has 0 saturated carbocycles. The first-order chi connectivity index (χ1) is 8.53. The number of nitrogens with zero attached hydrogens (tertiary/aromatic N) is 1. The van der Waals surface area contributed by atoms with Crippen LogP contribution < -0.4 is 0 Å². The summed E-state index contributed by atoms with van der Waals surface area (Å²) >= 11 is 0. The van der Waals surface area contributed by atoms with E-state index < -0.39 is 34.1 Å². The number of hydrogen-bond acceptors (Lipinski definition) is 2. The van der Waals surface area contributed by atoms with Gasteiger partial charge in [0.2, 0.25) is 0 Å². The zero-order valence-corrected chi connectivity index (χ0v) is 8.92. The maximum atomic E-state index is 12.3. The Kier molecular flexibility index (Phi) is 3.87. The van der Waals surface area contributed by atoms with Crippen molar-refractivity contribution in [3.8, 4) is 0 Å². The van der Waals surface area contributed by atoms with Crippen molar-refractivity contribution >= 4 is 11.8 Å². The van der Waals surface area contributed by atoms with Gasteiger partial charge in [0.15, 0.2) is 0 Å². The largest absolute Gasteiger partial charge is 0.421 e. The van der Waals surface area contributed by atoms with Gasteiger partial charge in [0, 0.05) is 6.07 Å². The summed E-state index contributed by atoms with van der Waals surface area (Å²) < 4.78 is 73.7. The monoisotopic (exact) mass is 285 g/mol. The Labute approximate surface area is 102 Å². The molecule has 0 unspecified atom stereocenters. The second-order valence-electron chi connectivity index (χ2n) is 3.37. The van der Waals surface area contributed by atoms with Crippen LogP contribution in [0.4, 0.5) is 32.0 Å². The molecule has 1 rings (SSSR count). The van der Waals surface area contributed by atoms with Gasteiger partial charge in [-0.25, -0.2) is 0 Å². The Morgan fingerprint density at radius 2 is 1.53 bits per heavy atom. The fourth-order valence-electron chi connectivity index (χ4n) is 1.26. The first-order valence-electron chi connectivity index (χ1n) is 4.63. The number of nitro groups is 1. The second-order valence-corrected chi connectivity index (χ2v) is 3.37. The average molecular weight is 285 g/mol. The van der Waals surface area contributed by atoms with E-state index >= 15 is 0 Å².